The Morgan fingerprint density at radius 1 is 1.73 bits per heavy atom. The molecular weight excluding hydrogens is 212 g/mol. The van der Waals surface area contributed by atoms with Gasteiger partial charge in [0.15, 0.2) is 5.01 Å². The van der Waals surface area contributed by atoms with Crippen LogP contribution < -0.4 is 5.32 Å². The zero-order valence-corrected chi connectivity index (χ0v) is 9.26. The van der Waals surface area contributed by atoms with E-state index in [-0.39, 0.29) is 12.4 Å². The molecule has 0 saturated carbocycles. The van der Waals surface area contributed by atoms with Gasteiger partial charge < -0.3 is 10.1 Å². The van der Waals surface area contributed by atoms with Crippen LogP contribution in [0.1, 0.15) is 16.2 Å². The van der Waals surface area contributed by atoms with E-state index in [9.17, 15) is 4.79 Å². The highest BCUT2D eigenvalue weighted by molar-refractivity contribution is 7.11. The molecule has 1 aromatic rings. The summed E-state index contributed by atoms with van der Waals surface area (Å²) in [5.41, 5.74) is 0. The third-order valence-electron chi connectivity index (χ3n) is 2.42. The van der Waals surface area contributed by atoms with Crippen LogP contribution in [-0.4, -0.2) is 37.1 Å². The van der Waals surface area contributed by atoms with Gasteiger partial charge in [-0.2, -0.15) is 0 Å². The van der Waals surface area contributed by atoms with Gasteiger partial charge in [0, 0.05) is 18.1 Å². The monoisotopic (exact) mass is 226 g/mol. The first-order valence-electron chi connectivity index (χ1n) is 5.07. The lowest BCUT2D eigenvalue weighted by molar-refractivity contribution is 0.0692. The fourth-order valence-corrected chi connectivity index (χ4v) is 2.16. The molecule has 1 aromatic heterocycles. The number of carbonyl (C=O) groups is 1. The third-order valence-corrected chi connectivity index (χ3v) is 3.23. The van der Waals surface area contributed by atoms with Gasteiger partial charge in [-0.25, -0.2) is 4.98 Å². The number of nitrogens with one attached hydrogen (secondary N) is 1. The highest BCUT2D eigenvalue weighted by Crippen LogP contribution is 2.09. The van der Waals surface area contributed by atoms with Crippen molar-refractivity contribution in [3.8, 4) is 0 Å². The van der Waals surface area contributed by atoms with E-state index >= 15 is 0 Å². The van der Waals surface area contributed by atoms with Crippen LogP contribution in [0.25, 0.3) is 0 Å². The molecule has 0 amide bonds. The zero-order valence-electron chi connectivity index (χ0n) is 8.44. The van der Waals surface area contributed by atoms with Crippen LogP contribution in [-0.2, 0) is 4.74 Å². The number of hydrogen-bond acceptors (Lipinski definition) is 5. The molecule has 1 aliphatic rings. The Bertz CT molecular complexity index is 307. The molecule has 0 radical (unpaired) electrons. The number of ketones is 1. The maximum absolute atomic E-state index is 11.5. The van der Waals surface area contributed by atoms with Crippen molar-refractivity contribution in [2.75, 3.05) is 26.3 Å². The minimum absolute atomic E-state index is 0.0176. The molecule has 1 fully saturated rings. The molecule has 0 bridgehead atoms. The smallest absolute Gasteiger partial charge is 0.216 e. The molecule has 1 saturated heterocycles. The number of thiazole rings is 1. The van der Waals surface area contributed by atoms with Crippen LogP contribution in [0, 0.1) is 5.92 Å². The maximum atomic E-state index is 11.5. The Morgan fingerprint density at radius 3 is 3.33 bits per heavy atom. The number of nitrogens with zero attached hydrogens (tertiary/aromatic N) is 1. The molecule has 2 heterocycles. The molecular formula is C10H14N2O2S. The van der Waals surface area contributed by atoms with Crippen LogP contribution in [0.3, 0.4) is 0 Å². The molecule has 1 aliphatic heterocycles. The van der Waals surface area contributed by atoms with Crippen molar-refractivity contribution in [2.24, 2.45) is 5.92 Å². The molecule has 82 valence electrons. The van der Waals surface area contributed by atoms with Crippen LogP contribution in [0.4, 0.5) is 0 Å². The number of aromatic nitrogens is 1. The maximum Gasteiger partial charge on any atom is 0.216 e. The molecule has 0 unspecified atom stereocenters. The van der Waals surface area contributed by atoms with Crippen molar-refractivity contribution in [3.05, 3.63) is 16.6 Å². The van der Waals surface area contributed by atoms with Crippen molar-refractivity contribution < 1.29 is 9.53 Å². The predicted octanol–water partition coefficient (Wildman–Crippen LogP) is 0.952. The predicted molar refractivity (Wildman–Crippen MR) is 58.2 cm³/mol. The molecule has 1 atom stereocenters. The Kier molecular flexibility index (Phi) is 3.82. The Balaban J connectivity index is 1.67. The van der Waals surface area contributed by atoms with Crippen molar-refractivity contribution in [1.29, 1.82) is 0 Å². The van der Waals surface area contributed by atoms with E-state index in [0.29, 0.717) is 17.5 Å². The molecule has 5 heteroatoms. The Labute approximate surface area is 92.7 Å². The highest BCUT2D eigenvalue weighted by atomic mass is 32.1. The van der Waals surface area contributed by atoms with Crippen LogP contribution in [0.2, 0.25) is 0 Å². The number of carbonyl (C=O) groups excluding carboxylic acids is 1. The van der Waals surface area contributed by atoms with E-state index in [1.54, 1.807) is 11.6 Å². The number of rotatable bonds is 5. The van der Waals surface area contributed by atoms with Crippen LogP contribution in [0.5, 0.6) is 0 Å². The van der Waals surface area contributed by atoms with Crippen molar-refractivity contribution in [2.45, 2.75) is 6.42 Å². The second kappa shape index (κ2) is 5.34. The van der Waals surface area contributed by atoms with Gasteiger partial charge in [0.2, 0.25) is 5.78 Å². The van der Waals surface area contributed by atoms with Crippen molar-refractivity contribution in [3.63, 3.8) is 0 Å². The van der Waals surface area contributed by atoms with Gasteiger partial charge in [-0.05, 0) is 18.9 Å². The molecule has 0 aromatic carbocycles. The summed E-state index contributed by atoms with van der Waals surface area (Å²) in [7, 11) is 0. The second-order valence-electron chi connectivity index (χ2n) is 3.63. The summed E-state index contributed by atoms with van der Waals surface area (Å²) in [6, 6.07) is 0. The molecule has 2 rings (SSSR count). The Morgan fingerprint density at radius 2 is 2.67 bits per heavy atom. The third kappa shape index (κ3) is 3.09. The lowest BCUT2D eigenvalue weighted by atomic mass is 10.1. The highest BCUT2D eigenvalue weighted by Gasteiger charge is 2.15. The van der Waals surface area contributed by atoms with Gasteiger partial charge >= 0.3 is 0 Å². The van der Waals surface area contributed by atoms with Gasteiger partial charge in [-0.15, -0.1) is 11.3 Å². The van der Waals surface area contributed by atoms with E-state index in [2.05, 4.69) is 10.3 Å². The van der Waals surface area contributed by atoms with E-state index in [1.165, 1.54) is 11.3 Å². The second-order valence-corrected chi connectivity index (χ2v) is 4.53. The minimum Gasteiger partial charge on any atom is -0.373 e. The van der Waals surface area contributed by atoms with Gasteiger partial charge in [-0.3, -0.25) is 4.79 Å². The lowest BCUT2D eigenvalue weighted by Crippen LogP contribution is -2.17. The lowest BCUT2D eigenvalue weighted by Gasteiger charge is -2.07. The van der Waals surface area contributed by atoms with E-state index in [4.69, 9.17) is 4.74 Å². The van der Waals surface area contributed by atoms with E-state index < -0.39 is 0 Å². The molecule has 1 N–H and O–H groups in total. The standard InChI is InChI=1S/C10H14N2O2S/c13-9(10-12-3-4-15-10)7-14-6-8-1-2-11-5-8/h3-4,8,11H,1-2,5-7H2/t8-/m0/s1. The summed E-state index contributed by atoms with van der Waals surface area (Å²) in [6.07, 6.45) is 2.78. The van der Waals surface area contributed by atoms with Crippen LogP contribution >= 0.6 is 11.3 Å². The average Bonchev–Trinajstić information content (AvgIpc) is 2.90. The molecule has 0 spiro atoms. The summed E-state index contributed by atoms with van der Waals surface area (Å²) in [6.45, 7) is 2.90. The quantitative estimate of drug-likeness (QED) is 0.760. The van der Waals surface area contributed by atoms with Gasteiger partial charge in [0.05, 0.1) is 6.61 Å². The molecule has 15 heavy (non-hydrogen) atoms. The van der Waals surface area contributed by atoms with Gasteiger partial charge in [0.1, 0.15) is 6.61 Å². The zero-order chi connectivity index (χ0) is 10.5. The minimum atomic E-state index is -0.0176. The fourth-order valence-electron chi connectivity index (χ4n) is 1.60. The van der Waals surface area contributed by atoms with Gasteiger partial charge in [0.25, 0.3) is 0 Å². The number of Topliss-reactive ketones (excluding diaryl/α,β-unsaturated/α-hetero) is 1. The van der Waals surface area contributed by atoms with Gasteiger partial charge in [-0.1, -0.05) is 0 Å². The first-order chi connectivity index (χ1) is 7.36. The summed E-state index contributed by atoms with van der Waals surface area (Å²) in [5, 5.41) is 5.60. The molecule has 4 nitrogen and oxygen atoms in total. The van der Waals surface area contributed by atoms with Crippen molar-refractivity contribution >= 4 is 17.1 Å². The van der Waals surface area contributed by atoms with E-state index in [0.717, 1.165) is 19.5 Å². The topological polar surface area (TPSA) is 51.2 Å². The van der Waals surface area contributed by atoms with Crippen molar-refractivity contribution in [1.82, 2.24) is 10.3 Å². The van der Waals surface area contributed by atoms with E-state index in [1.807, 2.05) is 0 Å². The number of hydrogen-bond donors (Lipinski definition) is 1. The molecule has 0 aliphatic carbocycles. The Hall–Kier alpha value is -0.780. The first kappa shape index (κ1) is 10.7. The fraction of sp³-hybridized carbons (Fsp3) is 0.600. The average molecular weight is 226 g/mol. The summed E-state index contributed by atoms with van der Waals surface area (Å²) in [5.74, 6) is 0.546. The normalized spacial score (nSPS) is 20.7. The largest absolute Gasteiger partial charge is 0.373 e. The summed E-state index contributed by atoms with van der Waals surface area (Å²) in [4.78, 5) is 15.4. The summed E-state index contributed by atoms with van der Waals surface area (Å²) < 4.78 is 5.38. The summed E-state index contributed by atoms with van der Waals surface area (Å²) >= 11 is 1.36. The van der Waals surface area contributed by atoms with Crippen LogP contribution in [0.15, 0.2) is 11.6 Å². The number of ether oxygens (including phenoxy) is 1. The SMILES string of the molecule is O=C(COC[C@H]1CCNC1)c1nccs1. The first-order valence-corrected chi connectivity index (χ1v) is 5.95.